The highest BCUT2D eigenvalue weighted by Gasteiger charge is 2.34. The van der Waals surface area contributed by atoms with E-state index in [9.17, 15) is 4.79 Å². The normalized spacial score (nSPS) is 22.6. The van der Waals surface area contributed by atoms with Crippen LogP contribution in [-0.2, 0) is 0 Å². The lowest BCUT2D eigenvalue weighted by molar-refractivity contribution is 0.100. The van der Waals surface area contributed by atoms with Crippen molar-refractivity contribution < 1.29 is 9.21 Å². The van der Waals surface area contributed by atoms with E-state index in [-0.39, 0.29) is 0 Å². The first-order valence-corrected chi connectivity index (χ1v) is 9.20. The fourth-order valence-corrected chi connectivity index (χ4v) is 4.42. The topological polar surface area (TPSA) is 97.3 Å². The molecule has 2 atom stereocenters. The van der Waals surface area contributed by atoms with E-state index < -0.39 is 5.91 Å². The van der Waals surface area contributed by atoms with Gasteiger partial charge < -0.3 is 20.4 Å². The van der Waals surface area contributed by atoms with E-state index in [2.05, 4.69) is 20.2 Å². The third-order valence-electron chi connectivity index (χ3n) is 4.91. The van der Waals surface area contributed by atoms with Gasteiger partial charge in [-0.05, 0) is 25.0 Å². The Morgan fingerprint density at radius 1 is 1.32 bits per heavy atom. The molecule has 2 aliphatic heterocycles. The van der Waals surface area contributed by atoms with Gasteiger partial charge in [-0.1, -0.05) is 0 Å². The molecule has 3 N–H and O–H groups in total. The highest BCUT2D eigenvalue weighted by atomic mass is 32.1. The van der Waals surface area contributed by atoms with Crippen molar-refractivity contribution in [3.8, 4) is 10.6 Å². The molecule has 2 aromatic heterocycles. The molecule has 2 fully saturated rings. The smallest absolute Gasteiger partial charge is 0.298 e. The second-order valence-electron chi connectivity index (χ2n) is 6.61. The fourth-order valence-electron chi connectivity index (χ4n) is 3.77. The molecular formula is C17H17N5O2S. The van der Waals surface area contributed by atoms with Crippen LogP contribution in [0.15, 0.2) is 28.1 Å². The first-order valence-electron chi connectivity index (χ1n) is 8.32. The van der Waals surface area contributed by atoms with Gasteiger partial charge in [-0.2, -0.15) is 4.98 Å². The molecule has 2 unspecified atom stereocenters. The second kappa shape index (κ2) is 5.53. The lowest BCUT2D eigenvalue weighted by Gasteiger charge is -2.31. The van der Waals surface area contributed by atoms with Gasteiger partial charge in [0.15, 0.2) is 5.58 Å². The Kier molecular flexibility index (Phi) is 3.29. The molecule has 5 rings (SSSR count). The Hall–Kier alpha value is -2.45. The largest absolute Gasteiger partial charge is 0.423 e. The van der Waals surface area contributed by atoms with Crippen molar-refractivity contribution in [3.63, 3.8) is 0 Å². The van der Waals surface area contributed by atoms with Crippen LogP contribution in [0.5, 0.6) is 0 Å². The number of carbonyl (C=O) groups excluding carboxylic acids is 1. The van der Waals surface area contributed by atoms with E-state index in [0.717, 1.165) is 23.7 Å². The summed E-state index contributed by atoms with van der Waals surface area (Å²) in [5.41, 5.74) is 7.96. The number of aromatic nitrogens is 2. The number of rotatable bonds is 3. The molecule has 4 heterocycles. The lowest BCUT2D eigenvalue weighted by atomic mass is 10.1. The number of amides is 1. The van der Waals surface area contributed by atoms with Crippen LogP contribution in [0, 0.1) is 0 Å². The molecule has 2 bridgehead atoms. The summed E-state index contributed by atoms with van der Waals surface area (Å²) >= 11 is 1.49. The molecule has 25 heavy (non-hydrogen) atoms. The molecule has 0 spiro atoms. The number of oxazole rings is 1. The van der Waals surface area contributed by atoms with Gasteiger partial charge in [0, 0.05) is 42.3 Å². The predicted octanol–water partition coefficient (Wildman–Crippen LogP) is 1.99. The zero-order valence-electron chi connectivity index (χ0n) is 13.4. The number of anilines is 1. The highest BCUT2D eigenvalue weighted by molar-refractivity contribution is 7.13. The number of hydrogen-bond donors (Lipinski definition) is 2. The molecule has 1 aromatic carbocycles. The summed E-state index contributed by atoms with van der Waals surface area (Å²) in [5.74, 6) is -0.482. The van der Waals surface area contributed by atoms with Crippen LogP contribution < -0.4 is 16.0 Å². The maximum Gasteiger partial charge on any atom is 0.298 e. The second-order valence-corrected chi connectivity index (χ2v) is 7.51. The number of thiazole rings is 1. The molecule has 1 amide bonds. The SMILES string of the molecule is NC(=O)c1cc(-c2nccs2)c2oc(N3CC4CCC(C3)N4)nc2c1. The van der Waals surface area contributed by atoms with Crippen LogP contribution in [0.2, 0.25) is 0 Å². The van der Waals surface area contributed by atoms with Crippen molar-refractivity contribution >= 4 is 34.4 Å². The fraction of sp³-hybridized carbons (Fsp3) is 0.353. The van der Waals surface area contributed by atoms with Crippen LogP contribution in [-0.4, -0.2) is 41.0 Å². The highest BCUT2D eigenvalue weighted by Crippen LogP contribution is 2.35. The summed E-state index contributed by atoms with van der Waals surface area (Å²) in [6.45, 7) is 1.77. The molecule has 8 heteroatoms. The summed E-state index contributed by atoms with van der Waals surface area (Å²) in [4.78, 5) is 22.9. The summed E-state index contributed by atoms with van der Waals surface area (Å²) < 4.78 is 6.12. The van der Waals surface area contributed by atoms with Gasteiger partial charge in [0.25, 0.3) is 6.01 Å². The Morgan fingerprint density at radius 3 is 2.80 bits per heavy atom. The third-order valence-corrected chi connectivity index (χ3v) is 5.72. The third kappa shape index (κ3) is 2.49. The summed E-state index contributed by atoms with van der Waals surface area (Å²) in [6.07, 6.45) is 4.11. The summed E-state index contributed by atoms with van der Waals surface area (Å²) in [5, 5.41) is 6.28. The molecule has 128 valence electrons. The van der Waals surface area contributed by atoms with Gasteiger partial charge in [-0.3, -0.25) is 4.79 Å². The lowest BCUT2D eigenvalue weighted by Crippen LogP contribution is -2.51. The van der Waals surface area contributed by atoms with Gasteiger partial charge in [0.05, 0.1) is 5.56 Å². The molecule has 2 saturated heterocycles. The maximum atomic E-state index is 11.7. The average Bonchev–Trinajstić information content (AvgIpc) is 3.33. The van der Waals surface area contributed by atoms with E-state index in [4.69, 9.17) is 10.2 Å². The van der Waals surface area contributed by atoms with Crippen LogP contribution in [0.3, 0.4) is 0 Å². The zero-order chi connectivity index (χ0) is 17.0. The molecule has 0 saturated carbocycles. The molecule has 7 nitrogen and oxygen atoms in total. The molecule has 3 aromatic rings. The Balaban J connectivity index is 1.63. The van der Waals surface area contributed by atoms with Crippen molar-refractivity contribution in [2.24, 2.45) is 5.73 Å². The van der Waals surface area contributed by atoms with E-state index in [1.165, 1.54) is 24.2 Å². The number of nitrogens with zero attached hydrogens (tertiary/aromatic N) is 3. The number of carbonyl (C=O) groups is 1. The van der Waals surface area contributed by atoms with E-state index in [1.54, 1.807) is 18.3 Å². The maximum absolute atomic E-state index is 11.7. The number of nitrogens with one attached hydrogen (secondary N) is 1. The van der Waals surface area contributed by atoms with Crippen molar-refractivity contribution in [2.75, 3.05) is 18.0 Å². The van der Waals surface area contributed by atoms with Crippen LogP contribution in [0.25, 0.3) is 21.7 Å². The van der Waals surface area contributed by atoms with Gasteiger partial charge in [0.2, 0.25) is 5.91 Å². The monoisotopic (exact) mass is 355 g/mol. The van der Waals surface area contributed by atoms with Gasteiger partial charge in [0.1, 0.15) is 10.5 Å². The van der Waals surface area contributed by atoms with Crippen molar-refractivity contribution in [3.05, 3.63) is 29.3 Å². The molecule has 2 aliphatic rings. The minimum absolute atomic E-state index is 0.415. The average molecular weight is 355 g/mol. The quantitative estimate of drug-likeness (QED) is 0.746. The van der Waals surface area contributed by atoms with Crippen LogP contribution >= 0.6 is 11.3 Å². The Bertz CT molecular complexity index is 940. The Labute approximate surface area is 147 Å². The first kappa shape index (κ1) is 14.9. The van der Waals surface area contributed by atoms with E-state index in [1.807, 2.05) is 5.38 Å². The molecule has 0 radical (unpaired) electrons. The minimum Gasteiger partial charge on any atom is -0.423 e. The number of primary amides is 1. The van der Waals surface area contributed by atoms with Crippen molar-refractivity contribution in [2.45, 2.75) is 24.9 Å². The number of hydrogen-bond acceptors (Lipinski definition) is 7. The van der Waals surface area contributed by atoms with Crippen LogP contribution in [0.1, 0.15) is 23.2 Å². The van der Waals surface area contributed by atoms with Gasteiger partial charge in [-0.15, -0.1) is 11.3 Å². The molecular weight excluding hydrogens is 338 g/mol. The molecule has 0 aliphatic carbocycles. The zero-order valence-corrected chi connectivity index (χ0v) is 14.3. The standard InChI is InChI=1S/C17H17N5O2S/c18-15(23)9-5-12(16-19-3-4-25-16)14-13(6-9)21-17(24-14)22-7-10-1-2-11(8-22)20-10/h3-6,10-11,20H,1-2,7-8H2,(H2,18,23). The first-order chi connectivity index (χ1) is 12.2. The van der Waals surface area contributed by atoms with E-state index >= 15 is 0 Å². The summed E-state index contributed by atoms with van der Waals surface area (Å²) in [7, 11) is 0. The summed E-state index contributed by atoms with van der Waals surface area (Å²) in [6, 6.07) is 5.02. The van der Waals surface area contributed by atoms with Gasteiger partial charge in [-0.25, -0.2) is 4.98 Å². The number of piperazine rings is 1. The van der Waals surface area contributed by atoms with E-state index in [0.29, 0.717) is 34.8 Å². The van der Waals surface area contributed by atoms with Crippen molar-refractivity contribution in [1.29, 1.82) is 0 Å². The minimum atomic E-state index is -0.482. The number of nitrogens with two attached hydrogens (primary N) is 1. The number of benzene rings is 1. The predicted molar refractivity (Wildman–Crippen MR) is 95.8 cm³/mol. The Morgan fingerprint density at radius 2 is 2.12 bits per heavy atom. The number of fused-ring (bicyclic) bond motifs is 3. The van der Waals surface area contributed by atoms with Crippen molar-refractivity contribution in [1.82, 2.24) is 15.3 Å². The van der Waals surface area contributed by atoms with Gasteiger partial charge >= 0.3 is 0 Å². The van der Waals surface area contributed by atoms with Crippen LogP contribution in [0.4, 0.5) is 6.01 Å².